The van der Waals surface area contributed by atoms with Gasteiger partial charge in [0.2, 0.25) is 11.8 Å². The first-order valence-electron chi connectivity index (χ1n) is 7.61. The van der Waals surface area contributed by atoms with E-state index < -0.39 is 0 Å². The molecule has 114 valence electrons. The van der Waals surface area contributed by atoms with E-state index in [9.17, 15) is 9.59 Å². The Morgan fingerprint density at radius 2 is 2.05 bits per heavy atom. The lowest BCUT2D eigenvalue weighted by Crippen LogP contribution is -2.42. The van der Waals surface area contributed by atoms with E-state index in [1.165, 1.54) is 17.8 Å². The molecule has 2 fully saturated rings. The summed E-state index contributed by atoms with van der Waals surface area (Å²) in [6, 6.07) is 0. The first kappa shape index (κ1) is 14.5. The normalized spacial score (nSPS) is 19.6. The van der Waals surface area contributed by atoms with Crippen molar-refractivity contribution in [1.82, 2.24) is 15.2 Å². The van der Waals surface area contributed by atoms with Gasteiger partial charge in [0.15, 0.2) is 0 Å². The quantitative estimate of drug-likeness (QED) is 0.924. The molecule has 2 heterocycles. The zero-order chi connectivity index (χ0) is 14.8. The highest BCUT2D eigenvalue weighted by molar-refractivity contribution is 7.09. The Kier molecular flexibility index (Phi) is 4.24. The van der Waals surface area contributed by atoms with Crippen LogP contribution in [-0.2, 0) is 16.1 Å². The van der Waals surface area contributed by atoms with Crippen LogP contribution < -0.4 is 5.32 Å². The van der Waals surface area contributed by atoms with Gasteiger partial charge in [0.05, 0.1) is 17.2 Å². The fraction of sp³-hybridized carbons (Fsp3) is 0.667. The molecule has 0 aromatic carbocycles. The van der Waals surface area contributed by atoms with Gasteiger partial charge >= 0.3 is 0 Å². The standard InChI is InChI=1S/C15H21N3O2S/c1-10(19)18-6-4-11(5-7-18)14(20)16-8-13-9-21-15(17-13)12-2-3-12/h9,11-12H,2-8H2,1H3,(H,16,20). The molecule has 6 heteroatoms. The monoisotopic (exact) mass is 307 g/mol. The third-order valence-electron chi connectivity index (χ3n) is 4.25. The van der Waals surface area contributed by atoms with Crippen LogP contribution in [0.25, 0.3) is 0 Å². The van der Waals surface area contributed by atoms with Crippen LogP contribution in [0.1, 0.15) is 49.2 Å². The number of carbonyl (C=O) groups is 2. The number of likely N-dealkylation sites (tertiary alicyclic amines) is 1. The summed E-state index contributed by atoms with van der Waals surface area (Å²) in [5, 5.41) is 6.25. The maximum atomic E-state index is 12.2. The van der Waals surface area contributed by atoms with Crippen molar-refractivity contribution in [3.8, 4) is 0 Å². The van der Waals surface area contributed by atoms with Crippen molar-refractivity contribution in [2.75, 3.05) is 13.1 Å². The predicted molar refractivity (Wildman–Crippen MR) is 80.9 cm³/mol. The lowest BCUT2D eigenvalue weighted by atomic mass is 9.96. The van der Waals surface area contributed by atoms with E-state index in [1.54, 1.807) is 18.3 Å². The van der Waals surface area contributed by atoms with Gasteiger partial charge in [-0.2, -0.15) is 0 Å². The zero-order valence-electron chi connectivity index (χ0n) is 12.3. The number of nitrogens with one attached hydrogen (secondary N) is 1. The summed E-state index contributed by atoms with van der Waals surface area (Å²) in [5.41, 5.74) is 0.969. The third-order valence-corrected chi connectivity index (χ3v) is 5.31. The average molecular weight is 307 g/mol. The van der Waals surface area contributed by atoms with E-state index in [-0.39, 0.29) is 17.7 Å². The molecule has 1 saturated carbocycles. The fourth-order valence-corrected chi connectivity index (χ4v) is 3.69. The van der Waals surface area contributed by atoms with Gasteiger partial charge in [0, 0.05) is 37.2 Å². The Hall–Kier alpha value is -1.43. The predicted octanol–water partition coefficient (Wildman–Crippen LogP) is 1.90. The molecule has 1 aliphatic carbocycles. The highest BCUT2D eigenvalue weighted by atomic mass is 32.1. The Balaban J connectivity index is 1.44. The molecule has 1 N–H and O–H groups in total. The molecule has 2 amide bonds. The van der Waals surface area contributed by atoms with Crippen LogP contribution in [0.5, 0.6) is 0 Å². The number of thiazole rings is 1. The molecule has 0 radical (unpaired) electrons. The van der Waals surface area contributed by atoms with Crippen LogP contribution in [0.2, 0.25) is 0 Å². The van der Waals surface area contributed by atoms with Crippen LogP contribution in [0.4, 0.5) is 0 Å². The molecule has 1 aliphatic heterocycles. The lowest BCUT2D eigenvalue weighted by molar-refractivity contribution is -0.134. The van der Waals surface area contributed by atoms with Gasteiger partial charge in [-0.15, -0.1) is 11.3 Å². The third kappa shape index (κ3) is 3.61. The van der Waals surface area contributed by atoms with Gasteiger partial charge in [0.25, 0.3) is 0 Å². The Morgan fingerprint density at radius 3 is 2.67 bits per heavy atom. The fourth-order valence-electron chi connectivity index (χ4n) is 2.70. The number of hydrogen-bond donors (Lipinski definition) is 1. The van der Waals surface area contributed by atoms with Crippen molar-refractivity contribution in [1.29, 1.82) is 0 Å². The van der Waals surface area contributed by atoms with Gasteiger partial charge in [0.1, 0.15) is 0 Å². The smallest absolute Gasteiger partial charge is 0.223 e. The minimum atomic E-state index is 0.0298. The molecule has 0 spiro atoms. The number of aromatic nitrogens is 1. The SMILES string of the molecule is CC(=O)N1CCC(C(=O)NCc2csc(C3CC3)n2)CC1. The number of piperidine rings is 1. The number of carbonyl (C=O) groups excluding carboxylic acids is 2. The van der Waals surface area contributed by atoms with Gasteiger partial charge in [-0.1, -0.05) is 0 Å². The van der Waals surface area contributed by atoms with Crippen molar-refractivity contribution < 1.29 is 9.59 Å². The van der Waals surface area contributed by atoms with Crippen LogP contribution in [0, 0.1) is 5.92 Å². The first-order valence-corrected chi connectivity index (χ1v) is 8.49. The molecule has 21 heavy (non-hydrogen) atoms. The van der Waals surface area contributed by atoms with E-state index in [2.05, 4.69) is 10.3 Å². The van der Waals surface area contributed by atoms with Crippen LogP contribution in [0.15, 0.2) is 5.38 Å². The second-order valence-electron chi connectivity index (χ2n) is 5.95. The number of amides is 2. The summed E-state index contributed by atoms with van der Waals surface area (Å²) in [5.74, 6) is 0.903. The summed E-state index contributed by atoms with van der Waals surface area (Å²) in [7, 11) is 0. The second kappa shape index (κ2) is 6.13. The molecule has 3 rings (SSSR count). The zero-order valence-corrected chi connectivity index (χ0v) is 13.1. The summed E-state index contributed by atoms with van der Waals surface area (Å²) in [6.45, 7) is 3.49. The van der Waals surface area contributed by atoms with Crippen molar-refractivity contribution in [2.24, 2.45) is 5.92 Å². The maximum absolute atomic E-state index is 12.2. The highest BCUT2D eigenvalue weighted by Crippen LogP contribution is 2.41. The van der Waals surface area contributed by atoms with Crippen molar-refractivity contribution in [3.63, 3.8) is 0 Å². The molecule has 5 nitrogen and oxygen atoms in total. The van der Waals surface area contributed by atoms with E-state index in [0.29, 0.717) is 25.6 Å². The lowest BCUT2D eigenvalue weighted by Gasteiger charge is -2.30. The van der Waals surface area contributed by atoms with E-state index in [1.807, 2.05) is 10.3 Å². The minimum absolute atomic E-state index is 0.0298. The van der Waals surface area contributed by atoms with Crippen LogP contribution in [0.3, 0.4) is 0 Å². The van der Waals surface area contributed by atoms with Crippen molar-refractivity contribution >= 4 is 23.2 Å². The summed E-state index contributed by atoms with van der Waals surface area (Å²) < 4.78 is 0. The summed E-state index contributed by atoms with van der Waals surface area (Å²) in [4.78, 5) is 29.8. The molecule has 1 aromatic rings. The first-order chi connectivity index (χ1) is 10.1. The van der Waals surface area contributed by atoms with Gasteiger partial charge in [-0.05, 0) is 25.7 Å². The van der Waals surface area contributed by atoms with E-state index >= 15 is 0 Å². The summed E-state index contributed by atoms with van der Waals surface area (Å²) in [6.07, 6.45) is 4.04. The molecular formula is C15H21N3O2S. The average Bonchev–Trinajstić information content (AvgIpc) is 3.24. The Labute approximate surface area is 128 Å². The van der Waals surface area contributed by atoms with Crippen LogP contribution >= 0.6 is 11.3 Å². The van der Waals surface area contributed by atoms with Crippen LogP contribution in [-0.4, -0.2) is 34.8 Å². The van der Waals surface area contributed by atoms with Gasteiger partial charge in [-0.25, -0.2) is 4.98 Å². The number of nitrogens with zero attached hydrogens (tertiary/aromatic N) is 2. The topological polar surface area (TPSA) is 62.3 Å². The Morgan fingerprint density at radius 1 is 1.33 bits per heavy atom. The van der Waals surface area contributed by atoms with Crippen molar-refractivity contribution in [3.05, 3.63) is 16.1 Å². The number of rotatable bonds is 4. The highest BCUT2D eigenvalue weighted by Gasteiger charge is 2.27. The molecule has 0 bridgehead atoms. The molecule has 1 aromatic heterocycles. The molecule has 0 atom stereocenters. The van der Waals surface area contributed by atoms with E-state index in [0.717, 1.165) is 18.5 Å². The molecular weight excluding hydrogens is 286 g/mol. The maximum Gasteiger partial charge on any atom is 0.223 e. The molecule has 2 aliphatic rings. The largest absolute Gasteiger partial charge is 0.350 e. The number of hydrogen-bond acceptors (Lipinski definition) is 4. The van der Waals surface area contributed by atoms with E-state index in [4.69, 9.17) is 0 Å². The minimum Gasteiger partial charge on any atom is -0.350 e. The Bertz CT molecular complexity index is 531. The second-order valence-corrected chi connectivity index (χ2v) is 6.84. The summed E-state index contributed by atoms with van der Waals surface area (Å²) >= 11 is 1.70. The van der Waals surface area contributed by atoms with Gasteiger partial charge < -0.3 is 10.2 Å². The molecule has 0 unspecified atom stereocenters. The van der Waals surface area contributed by atoms with Gasteiger partial charge in [-0.3, -0.25) is 9.59 Å². The van der Waals surface area contributed by atoms with Crippen molar-refractivity contribution in [2.45, 2.75) is 45.1 Å². The molecule has 1 saturated heterocycles.